The van der Waals surface area contributed by atoms with Crippen LogP contribution < -0.4 is 5.73 Å². The highest BCUT2D eigenvalue weighted by atomic mass is 32.2. The lowest BCUT2D eigenvalue weighted by Gasteiger charge is -2.10. The van der Waals surface area contributed by atoms with Crippen LogP contribution in [0.25, 0.3) is 0 Å². The predicted octanol–water partition coefficient (Wildman–Crippen LogP) is 2.13. The van der Waals surface area contributed by atoms with Crippen LogP contribution in [0.2, 0.25) is 0 Å². The molecule has 1 aromatic carbocycles. The van der Waals surface area contributed by atoms with E-state index in [1.807, 2.05) is 6.07 Å². The Morgan fingerprint density at radius 1 is 1.47 bits per heavy atom. The van der Waals surface area contributed by atoms with Gasteiger partial charge in [0.15, 0.2) is 10.7 Å². The van der Waals surface area contributed by atoms with E-state index in [0.717, 1.165) is 17.7 Å². The van der Waals surface area contributed by atoms with E-state index < -0.39 is 11.2 Å². The number of carbonyl (C=O) groups is 1. The summed E-state index contributed by atoms with van der Waals surface area (Å²) in [5.41, 5.74) is 5.96. The second-order valence-corrected chi connectivity index (χ2v) is 5.46. The first-order chi connectivity index (χ1) is 8.19. The molecule has 1 atom stereocenters. The summed E-state index contributed by atoms with van der Waals surface area (Å²) in [6.07, 6.45) is 2.30. The third kappa shape index (κ3) is 4.50. The molecule has 0 saturated heterocycles. The zero-order valence-corrected chi connectivity index (χ0v) is 11.0. The minimum absolute atomic E-state index is 0.0156. The number of nitrogens with two attached hydrogens (primary N) is 1. The molecule has 0 aliphatic heterocycles. The van der Waals surface area contributed by atoms with E-state index in [1.165, 1.54) is 0 Å². The Morgan fingerprint density at radius 3 is 2.88 bits per heavy atom. The van der Waals surface area contributed by atoms with Crippen molar-refractivity contribution in [1.82, 2.24) is 0 Å². The van der Waals surface area contributed by atoms with Crippen molar-refractivity contribution in [2.45, 2.75) is 31.1 Å². The maximum atomic E-state index is 11.9. The van der Waals surface area contributed by atoms with E-state index in [1.54, 1.807) is 18.2 Å². The summed E-state index contributed by atoms with van der Waals surface area (Å²) in [6, 6.07) is 7.07. The molecule has 17 heavy (non-hydrogen) atoms. The van der Waals surface area contributed by atoms with E-state index in [9.17, 15) is 9.35 Å². The second kappa shape index (κ2) is 7.48. The Morgan fingerprint density at radius 2 is 2.24 bits per heavy atom. The Hall–Kier alpha value is -0.840. The highest BCUT2D eigenvalue weighted by molar-refractivity contribution is 7.91. The van der Waals surface area contributed by atoms with Gasteiger partial charge in [-0.2, -0.15) is 0 Å². The summed E-state index contributed by atoms with van der Waals surface area (Å²) in [7, 11) is 0. The Labute approximate surface area is 106 Å². The van der Waals surface area contributed by atoms with Crippen LogP contribution in [0.3, 0.4) is 0 Å². The van der Waals surface area contributed by atoms with Gasteiger partial charge in [0.2, 0.25) is 0 Å². The Bertz CT molecular complexity index is 368. The first-order valence-corrected chi connectivity index (χ1v) is 7.22. The third-order valence-electron chi connectivity index (χ3n) is 2.47. The van der Waals surface area contributed by atoms with Crippen LogP contribution in [0, 0.1) is 0 Å². The van der Waals surface area contributed by atoms with Gasteiger partial charge in [0.1, 0.15) is 5.75 Å². The standard InChI is InChI=1S/C13H19NO2S/c1-2-3-9-17(16)12-6-4-5-11(10-12)13(15)7-8-14/h4-6,10H,2-3,7-9,14H2,1H3. The fourth-order valence-corrected chi connectivity index (χ4v) is 2.76. The highest BCUT2D eigenvalue weighted by Gasteiger charge is 2.13. The summed E-state index contributed by atoms with van der Waals surface area (Å²) in [5, 5.41) is 0. The Kier molecular flexibility index (Phi) is 6.26. The van der Waals surface area contributed by atoms with Gasteiger partial charge < -0.3 is 10.3 Å². The van der Waals surface area contributed by atoms with Crippen LogP contribution in [0.15, 0.2) is 29.2 Å². The molecule has 0 saturated carbocycles. The molecule has 1 rings (SSSR count). The van der Waals surface area contributed by atoms with Crippen molar-refractivity contribution in [3.8, 4) is 0 Å². The van der Waals surface area contributed by atoms with Crippen molar-refractivity contribution in [1.29, 1.82) is 0 Å². The first kappa shape index (κ1) is 14.2. The molecule has 3 nitrogen and oxygen atoms in total. The molecule has 4 heteroatoms. The number of ketones is 1. The number of benzene rings is 1. The first-order valence-electron chi connectivity index (χ1n) is 5.90. The minimum Gasteiger partial charge on any atom is -0.611 e. The zero-order chi connectivity index (χ0) is 12.7. The second-order valence-electron chi connectivity index (χ2n) is 3.89. The molecule has 0 amide bonds. The van der Waals surface area contributed by atoms with E-state index >= 15 is 0 Å². The summed E-state index contributed by atoms with van der Waals surface area (Å²) >= 11 is -0.998. The van der Waals surface area contributed by atoms with Gasteiger partial charge in [0.05, 0.1) is 0 Å². The van der Waals surface area contributed by atoms with Crippen molar-refractivity contribution in [3.05, 3.63) is 29.8 Å². The van der Waals surface area contributed by atoms with Crippen LogP contribution in [-0.2, 0) is 11.2 Å². The molecule has 0 aliphatic carbocycles. The van der Waals surface area contributed by atoms with Gasteiger partial charge in [0, 0.05) is 18.1 Å². The van der Waals surface area contributed by atoms with Gasteiger partial charge in [-0.05, 0) is 30.2 Å². The molecule has 0 bridgehead atoms. The summed E-state index contributed by atoms with van der Waals surface area (Å²) in [6.45, 7) is 2.42. The molecule has 1 unspecified atom stereocenters. The van der Waals surface area contributed by atoms with E-state index in [-0.39, 0.29) is 5.78 Å². The van der Waals surface area contributed by atoms with Gasteiger partial charge in [-0.3, -0.25) is 4.79 Å². The predicted molar refractivity (Wildman–Crippen MR) is 70.6 cm³/mol. The maximum Gasteiger partial charge on any atom is 0.164 e. The normalized spacial score (nSPS) is 12.4. The van der Waals surface area contributed by atoms with Crippen LogP contribution >= 0.6 is 0 Å². The Balaban J connectivity index is 2.74. The van der Waals surface area contributed by atoms with Crippen molar-refractivity contribution in [2.75, 3.05) is 12.3 Å². The van der Waals surface area contributed by atoms with E-state index in [0.29, 0.717) is 24.3 Å². The monoisotopic (exact) mass is 253 g/mol. The molecule has 1 aromatic rings. The van der Waals surface area contributed by atoms with Gasteiger partial charge >= 0.3 is 0 Å². The highest BCUT2D eigenvalue weighted by Crippen LogP contribution is 2.15. The lowest BCUT2D eigenvalue weighted by molar-refractivity contribution is 0.0985. The fraction of sp³-hybridized carbons (Fsp3) is 0.462. The van der Waals surface area contributed by atoms with Gasteiger partial charge in [-0.25, -0.2) is 0 Å². The smallest absolute Gasteiger partial charge is 0.164 e. The lowest BCUT2D eigenvalue weighted by Crippen LogP contribution is -2.10. The number of hydrogen-bond acceptors (Lipinski definition) is 3. The van der Waals surface area contributed by atoms with Crippen molar-refractivity contribution in [3.63, 3.8) is 0 Å². The molecule has 0 fully saturated rings. The minimum atomic E-state index is -0.998. The fourth-order valence-electron chi connectivity index (χ4n) is 1.48. The average molecular weight is 253 g/mol. The van der Waals surface area contributed by atoms with Gasteiger partial charge in [0.25, 0.3) is 0 Å². The topological polar surface area (TPSA) is 66.1 Å². The number of rotatable bonds is 7. The average Bonchev–Trinajstić information content (AvgIpc) is 2.36. The quantitative estimate of drug-likeness (QED) is 0.598. The number of carbonyl (C=O) groups excluding carboxylic acids is 1. The molecular weight excluding hydrogens is 234 g/mol. The van der Waals surface area contributed by atoms with Crippen LogP contribution in [0.4, 0.5) is 0 Å². The van der Waals surface area contributed by atoms with E-state index in [2.05, 4.69) is 6.92 Å². The van der Waals surface area contributed by atoms with Crippen LogP contribution in [0.1, 0.15) is 36.5 Å². The van der Waals surface area contributed by atoms with Gasteiger partial charge in [-0.15, -0.1) is 0 Å². The number of Topliss-reactive ketones (excluding diaryl/α,β-unsaturated/α-hetero) is 1. The molecule has 2 N–H and O–H groups in total. The van der Waals surface area contributed by atoms with Crippen molar-refractivity contribution >= 4 is 17.0 Å². The van der Waals surface area contributed by atoms with Crippen molar-refractivity contribution < 1.29 is 9.35 Å². The molecule has 0 aromatic heterocycles. The molecule has 0 radical (unpaired) electrons. The maximum absolute atomic E-state index is 11.9. The van der Waals surface area contributed by atoms with Gasteiger partial charge in [-0.1, -0.05) is 25.5 Å². The number of unbranched alkanes of at least 4 members (excludes halogenated alkanes) is 1. The van der Waals surface area contributed by atoms with Crippen molar-refractivity contribution in [2.24, 2.45) is 5.73 Å². The number of hydrogen-bond donors (Lipinski definition) is 1. The lowest BCUT2D eigenvalue weighted by atomic mass is 10.1. The molecule has 94 valence electrons. The summed E-state index contributed by atoms with van der Waals surface area (Å²) in [4.78, 5) is 12.4. The third-order valence-corrected chi connectivity index (χ3v) is 3.91. The largest absolute Gasteiger partial charge is 0.611 e. The van der Waals surface area contributed by atoms with Crippen LogP contribution in [0.5, 0.6) is 0 Å². The molecular formula is C13H19NO2S. The molecule has 0 heterocycles. The molecule has 0 aliphatic rings. The SMILES string of the molecule is CCCC[S+]([O-])c1cccc(C(=O)CCN)c1. The zero-order valence-electron chi connectivity index (χ0n) is 10.1. The summed E-state index contributed by atoms with van der Waals surface area (Å²) < 4.78 is 11.9. The van der Waals surface area contributed by atoms with Crippen LogP contribution in [-0.4, -0.2) is 22.6 Å². The van der Waals surface area contributed by atoms with E-state index in [4.69, 9.17) is 5.73 Å². The molecule has 0 spiro atoms. The summed E-state index contributed by atoms with van der Waals surface area (Å²) in [5.74, 6) is 0.673.